The highest BCUT2D eigenvalue weighted by atomic mass is 16.3. The standard InChI is InChI=1S/C76H43N5O3/c1-7-22-64-50(16-1)56-36-39-59-53-19-4-10-25-67(53)82-73(59)70(56)79(64)47-32-28-44(29-33-47)62-43-63(46-14-13-15-49(42-46)81-66-24-9-3-18-52(66)58-38-41-61-55-21-6-12-27-69(55)84-75(61)72(58)81)78-76(77-62)45-30-34-48(35-31-45)80-65-23-8-2-17-51(65)57-37-40-60-54-20-5-11-26-68(54)83-74(60)71(57)80/h1-43H. The summed E-state index contributed by atoms with van der Waals surface area (Å²) in [5.74, 6) is 0.612. The average molecular weight is 1070 g/mol. The Morgan fingerprint density at radius 3 is 1.04 bits per heavy atom. The molecule has 8 heteroatoms. The van der Waals surface area contributed by atoms with E-state index in [1.54, 1.807) is 0 Å². The fourth-order valence-corrected chi connectivity index (χ4v) is 13.7. The highest BCUT2D eigenvalue weighted by Gasteiger charge is 2.24. The molecule has 0 saturated carbocycles. The van der Waals surface area contributed by atoms with Crippen molar-refractivity contribution in [3.05, 3.63) is 261 Å². The van der Waals surface area contributed by atoms with Crippen LogP contribution in [-0.2, 0) is 0 Å². The first-order valence-electron chi connectivity index (χ1n) is 28.4. The second-order valence-electron chi connectivity index (χ2n) is 22.0. The van der Waals surface area contributed by atoms with E-state index < -0.39 is 0 Å². The summed E-state index contributed by atoms with van der Waals surface area (Å²) in [7, 11) is 0. The largest absolute Gasteiger partial charge is 0.454 e. The topological polar surface area (TPSA) is 80.0 Å². The number of para-hydroxylation sites is 6. The molecule has 19 aromatic rings. The smallest absolute Gasteiger partial charge is 0.160 e. The third-order valence-electron chi connectivity index (χ3n) is 17.5. The summed E-state index contributed by atoms with van der Waals surface area (Å²) in [5.41, 5.74) is 19.0. The number of aromatic nitrogens is 5. The number of rotatable bonds is 6. The molecule has 0 amide bonds. The molecule has 390 valence electrons. The molecule has 0 bridgehead atoms. The van der Waals surface area contributed by atoms with Gasteiger partial charge in [0, 0.05) is 98.4 Å². The Kier molecular flexibility index (Phi) is 9.18. The molecule has 19 rings (SSSR count). The van der Waals surface area contributed by atoms with Crippen LogP contribution < -0.4 is 0 Å². The minimum absolute atomic E-state index is 0.612. The summed E-state index contributed by atoms with van der Waals surface area (Å²) < 4.78 is 27.2. The molecule has 0 aliphatic rings. The van der Waals surface area contributed by atoms with Gasteiger partial charge in [0.25, 0.3) is 0 Å². The van der Waals surface area contributed by atoms with Crippen LogP contribution in [-0.4, -0.2) is 23.7 Å². The summed E-state index contributed by atoms with van der Waals surface area (Å²) in [6.45, 7) is 0. The van der Waals surface area contributed by atoms with E-state index in [0.717, 1.165) is 171 Å². The van der Waals surface area contributed by atoms with Gasteiger partial charge in [0.15, 0.2) is 22.6 Å². The van der Waals surface area contributed by atoms with Gasteiger partial charge in [-0.1, -0.05) is 152 Å². The average Bonchev–Trinajstić information content (AvgIpc) is 2.43. The molecule has 0 radical (unpaired) electrons. The van der Waals surface area contributed by atoms with Crippen LogP contribution >= 0.6 is 0 Å². The zero-order valence-corrected chi connectivity index (χ0v) is 44.8. The van der Waals surface area contributed by atoms with Crippen LogP contribution in [0.3, 0.4) is 0 Å². The fourth-order valence-electron chi connectivity index (χ4n) is 13.7. The number of furan rings is 3. The van der Waals surface area contributed by atoms with Crippen molar-refractivity contribution in [1.29, 1.82) is 0 Å². The first kappa shape index (κ1) is 45.3. The molecule has 8 nitrogen and oxygen atoms in total. The lowest BCUT2D eigenvalue weighted by molar-refractivity contribution is 0.670. The second kappa shape index (κ2) is 17.0. The van der Waals surface area contributed by atoms with Gasteiger partial charge in [-0.2, -0.15) is 0 Å². The number of hydrogen-bond donors (Lipinski definition) is 0. The third kappa shape index (κ3) is 6.36. The molecule has 0 aliphatic carbocycles. The highest BCUT2D eigenvalue weighted by molar-refractivity contribution is 6.24. The number of fused-ring (bicyclic) bond motifs is 21. The molecule has 0 N–H and O–H groups in total. The van der Waals surface area contributed by atoms with E-state index in [4.69, 9.17) is 23.2 Å². The molecule has 0 spiro atoms. The van der Waals surface area contributed by atoms with Gasteiger partial charge >= 0.3 is 0 Å². The first-order valence-corrected chi connectivity index (χ1v) is 28.4. The van der Waals surface area contributed by atoms with Crippen LogP contribution in [0.4, 0.5) is 0 Å². The molecule has 12 aromatic carbocycles. The summed E-state index contributed by atoms with van der Waals surface area (Å²) >= 11 is 0. The first-order chi connectivity index (χ1) is 41.6. The van der Waals surface area contributed by atoms with E-state index in [0.29, 0.717) is 5.82 Å². The Labute approximate surface area is 477 Å². The van der Waals surface area contributed by atoms with Crippen LogP contribution in [0.25, 0.3) is 182 Å². The monoisotopic (exact) mass is 1070 g/mol. The quantitative estimate of drug-likeness (QED) is 0.166. The third-order valence-corrected chi connectivity index (χ3v) is 17.5. The number of benzene rings is 12. The molecule has 0 unspecified atom stereocenters. The predicted molar refractivity (Wildman–Crippen MR) is 343 cm³/mol. The van der Waals surface area contributed by atoms with Gasteiger partial charge in [-0.05, 0) is 109 Å². The lowest BCUT2D eigenvalue weighted by Crippen LogP contribution is -1.99. The lowest BCUT2D eigenvalue weighted by atomic mass is 10.1. The Bertz CT molecular complexity index is 5740. The van der Waals surface area contributed by atoms with Gasteiger partial charge in [0.1, 0.15) is 16.7 Å². The Morgan fingerprint density at radius 2 is 0.595 bits per heavy atom. The minimum atomic E-state index is 0.612. The van der Waals surface area contributed by atoms with Gasteiger partial charge in [0.2, 0.25) is 0 Å². The van der Waals surface area contributed by atoms with Crippen molar-refractivity contribution >= 4 is 131 Å². The van der Waals surface area contributed by atoms with Crippen molar-refractivity contribution in [3.8, 4) is 51.0 Å². The Morgan fingerprint density at radius 1 is 0.238 bits per heavy atom. The molecule has 0 aliphatic heterocycles. The van der Waals surface area contributed by atoms with E-state index in [-0.39, 0.29) is 0 Å². The van der Waals surface area contributed by atoms with Crippen molar-refractivity contribution in [2.45, 2.75) is 0 Å². The van der Waals surface area contributed by atoms with Crippen molar-refractivity contribution in [3.63, 3.8) is 0 Å². The van der Waals surface area contributed by atoms with Crippen LogP contribution in [0, 0.1) is 0 Å². The van der Waals surface area contributed by atoms with Crippen LogP contribution in [0.5, 0.6) is 0 Å². The van der Waals surface area contributed by atoms with E-state index in [9.17, 15) is 0 Å². The number of nitrogens with zero attached hydrogens (tertiary/aromatic N) is 5. The molecule has 84 heavy (non-hydrogen) atoms. The number of hydrogen-bond acceptors (Lipinski definition) is 5. The predicted octanol–water partition coefficient (Wildman–Crippen LogP) is 20.5. The molecule has 0 saturated heterocycles. The SMILES string of the molecule is c1cc(-c2cc(-c3ccc(-n4c5ccccc5c5ccc6c7ccccc7oc6c54)cc3)nc(-c3ccc(-n4c5ccccc5c5ccc6c7ccccc7oc6c54)cc3)n2)cc(-n2c3ccccc3c3ccc4c5ccccc5oc4c32)c1. The molecule has 0 fully saturated rings. The summed E-state index contributed by atoms with van der Waals surface area (Å²) in [4.78, 5) is 10.9. The molecular weight excluding hydrogens is 1030 g/mol. The van der Waals surface area contributed by atoms with E-state index >= 15 is 0 Å². The lowest BCUT2D eigenvalue weighted by Gasteiger charge is -2.13. The maximum atomic E-state index is 6.76. The Hall–Kier alpha value is -11.5. The van der Waals surface area contributed by atoms with Gasteiger partial charge in [-0.15, -0.1) is 0 Å². The maximum absolute atomic E-state index is 6.76. The zero-order chi connectivity index (χ0) is 54.7. The molecule has 7 aromatic heterocycles. The summed E-state index contributed by atoms with van der Waals surface area (Å²) in [6.07, 6.45) is 0. The van der Waals surface area contributed by atoms with Crippen molar-refractivity contribution in [2.75, 3.05) is 0 Å². The Balaban J connectivity index is 0.793. The normalized spacial score (nSPS) is 12.3. The van der Waals surface area contributed by atoms with E-state index in [1.807, 2.05) is 36.4 Å². The molecule has 0 atom stereocenters. The minimum Gasteiger partial charge on any atom is -0.454 e. The van der Waals surface area contributed by atoms with Gasteiger partial charge in [0.05, 0.1) is 44.5 Å². The van der Waals surface area contributed by atoms with Gasteiger partial charge in [-0.25, -0.2) is 9.97 Å². The van der Waals surface area contributed by atoms with Crippen LogP contribution in [0.2, 0.25) is 0 Å². The highest BCUT2D eigenvalue weighted by Crippen LogP contribution is 2.45. The van der Waals surface area contributed by atoms with Crippen molar-refractivity contribution in [1.82, 2.24) is 23.7 Å². The zero-order valence-electron chi connectivity index (χ0n) is 44.8. The second-order valence-corrected chi connectivity index (χ2v) is 22.0. The van der Waals surface area contributed by atoms with Crippen LogP contribution in [0.15, 0.2) is 274 Å². The van der Waals surface area contributed by atoms with E-state index in [2.05, 4.69) is 238 Å². The fraction of sp³-hybridized carbons (Fsp3) is 0. The van der Waals surface area contributed by atoms with E-state index in [1.165, 1.54) is 5.39 Å². The summed E-state index contributed by atoms with van der Waals surface area (Å²) in [6, 6.07) is 92.3. The molecule has 7 heterocycles. The van der Waals surface area contributed by atoms with Crippen LogP contribution in [0.1, 0.15) is 0 Å². The van der Waals surface area contributed by atoms with Crippen molar-refractivity contribution < 1.29 is 13.3 Å². The molecular formula is C76H43N5O3. The maximum Gasteiger partial charge on any atom is 0.160 e. The summed E-state index contributed by atoms with van der Waals surface area (Å²) in [5, 5.41) is 13.5. The van der Waals surface area contributed by atoms with Crippen molar-refractivity contribution in [2.24, 2.45) is 0 Å². The van der Waals surface area contributed by atoms with Gasteiger partial charge in [-0.3, -0.25) is 0 Å². The van der Waals surface area contributed by atoms with Gasteiger partial charge < -0.3 is 27.0 Å².